The van der Waals surface area contributed by atoms with Gasteiger partial charge in [0, 0.05) is 11.9 Å². The van der Waals surface area contributed by atoms with Crippen LogP contribution >= 0.6 is 11.6 Å². The molecule has 0 aliphatic heterocycles. The monoisotopic (exact) mass is 267 g/mol. The molecule has 0 saturated heterocycles. The number of alkyl halides is 1. The molecule has 0 aromatic heterocycles. The summed E-state index contributed by atoms with van der Waals surface area (Å²) in [5, 5.41) is 16.7. The van der Waals surface area contributed by atoms with E-state index in [4.69, 9.17) is 32.3 Å². The number of hydrogen-bond acceptors (Lipinski definition) is 4. The quantitative estimate of drug-likeness (QED) is 0.305. The van der Waals surface area contributed by atoms with Crippen LogP contribution in [0.1, 0.15) is 26.2 Å². The van der Waals surface area contributed by atoms with Crippen molar-refractivity contribution in [2.24, 2.45) is 5.73 Å². The first-order valence-electron chi connectivity index (χ1n) is 4.39. The predicted octanol–water partition coefficient (Wildman–Crippen LogP) is -6.14. The van der Waals surface area contributed by atoms with E-state index in [1.807, 2.05) is 12.2 Å². The van der Waals surface area contributed by atoms with Crippen LogP contribution < -0.4 is 75.1 Å². The van der Waals surface area contributed by atoms with Crippen LogP contribution in [0.5, 0.6) is 0 Å². The molecule has 0 aromatic carbocycles. The molecule has 0 bridgehead atoms. The van der Waals surface area contributed by atoms with Crippen LogP contribution in [0.4, 0.5) is 4.79 Å². The second-order valence-corrected chi connectivity index (χ2v) is 2.97. The molecule has 1 atom stereocenters. The van der Waals surface area contributed by atoms with Gasteiger partial charge in [0.25, 0.3) is 0 Å². The topological polar surface area (TPSA) is 89.2 Å². The molecule has 7 heteroatoms. The first kappa shape index (κ1) is 26.0. The maximum Gasteiger partial charge on any atom is 1.00 e. The van der Waals surface area contributed by atoms with Crippen LogP contribution in [0.2, 0.25) is 0 Å². The van der Waals surface area contributed by atoms with Gasteiger partial charge in [-0.2, -0.15) is 0 Å². The Kier molecular flexibility index (Phi) is 34.9. The van der Waals surface area contributed by atoms with Gasteiger partial charge in [-0.3, -0.25) is 0 Å². The number of carbonyl (C=O) groups excluding carboxylic acids is 1. The van der Waals surface area contributed by atoms with Gasteiger partial charge in [-0.15, -0.1) is 11.6 Å². The number of carboxylic acid groups (broad SMARTS) is 2. The molecule has 0 amide bonds. The standard InChI is InChI=1S/C8H16ClN.CH2O3.2Na/c1-2-5-8(10)6-3-4-7-9;2-1(3)4;;/h3-4,8H,2,5-7,10H2,1H3;(H2,2,3,4);;/q;;2*+1/p-2. The zero-order chi connectivity index (χ0) is 11.4. The second-order valence-electron chi connectivity index (χ2n) is 2.66. The molecule has 0 rings (SSSR count). The van der Waals surface area contributed by atoms with Crippen molar-refractivity contribution in [3.8, 4) is 0 Å². The van der Waals surface area contributed by atoms with E-state index in [1.165, 1.54) is 0 Å². The van der Waals surface area contributed by atoms with Crippen molar-refractivity contribution in [2.45, 2.75) is 32.2 Å². The van der Waals surface area contributed by atoms with Gasteiger partial charge in [-0.05, 0) is 19.0 Å². The average molecular weight is 268 g/mol. The molecular weight excluding hydrogens is 252 g/mol. The summed E-state index contributed by atoms with van der Waals surface area (Å²) in [6, 6.07) is 0.324. The van der Waals surface area contributed by atoms with Crippen LogP contribution in [-0.4, -0.2) is 18.1 Å². The van der Waals surface area contributed by atoms with Crippen molar-refractivity contribution in [2.75, 3.05) is 5.88 Å². The van der Waals surface area contributed by atoms with Crippen LogP contribution in [0.15, 0.2) is 12.2 Å². The van der Waals surface area contributed by atoms with Gasteiger partial charge in [0.05, 0.1) is 0 Å². The van der Waals surface area contributed by atoms with E-state index in [0.717, 1.165) is 19.3 Å². The Bertz CT molecular complexity index is 167. The largest absolute Gasteiger partial charge is 1.00 e. The van der Waals surface area contributed by atoms with Gasteiger partial charge in [0.1, 0.15) is 0 Å². The Balaban J connectivity index is -0.000000105. The molecule has 0 spiro atoms. The molecule has 0 radical (unpaired) electrons. The van der Waals surface area contributed by atoms with Crippen molar-refractivity contribution < 1.29 is 74.1 Å². The molecule has 16 heavy (non-hydrogen) atoms. The van der Waals surface area contributed by atoms with Crippen molar-refractivity contribution in [3.63, 3.8) is 0 Å². The molecule has 0 saturated carbocycles. The summed E-state index contributed by atoms with van der Waals surface area (Å²) in [4.78, 5) is 8.33. The number of hydrogen-bond donors (Lipinski definition) is 1. The first-order chi connectivity index (χ1) is 6.54. The number of halogens is 1. The maximum atomic E-state index is 8.33. The smallest absolute Gasteiger partial charge is 0.652 e. The molecule has 0 heterocycles. The van der Waals surface area contributed by atoms with Crippen LogP contribution in [0.3, 0.4) is 0 Å². The van der Waals surface area contributed by atoms with Gasteiger partial charge in [-0.25, -0.2) is 0 Å². The molecule has 2 N–H and O–H groups in total. The number of nitrogens with two attached hydrogens (primary N) is 1. The summed E-state index contributed by atoms with van der Waals surface area (Å²) in [6.07, 6.45) is 4.88. The van der Waals surface area contributed by atoms with Crippen LogP contribution in [0, 0.1) is 0 Å². The van der Waals surface area contributed by atoms with Gasteiger partial charge >= 0.3 is 59.1 Å². The normalized spacial score (nSPS) is 10.4. The van der Waals surface area contributed by atoms with Crippen molar-refractivity contribution in [1.29, 1.82) is 0 Å². The number of allylic oxidation sites excluding steroid dienone is 1. The molecular formula is C9H16ClNNa2O3. The Morgan fingerprint density at radius 1 is 1.38 bits per heavy atom. The number of rotatable bonds is 5. The van der Waals surface area contributed by atoms with E-state index in [9.17, 15) is 0 Å². The molecule has 84 valence electrons. The fourth-order valence-electron chi connectivity index (χ4n) is 0.823. The second kappa shape index (κ2) is 21.5. The fourth-order valence-corrected chi connectivity index (χ4v) is 0.949. The molecule has 0 aliphatic carbocycles. The molecule has 4 nitrogen and oxygen atoms in total. The SMILES string of the molecule is CCCC(N)CC=CCCl.O=C([O-])[O-].[Na+].[Na+]. The number of carbonyl (C=O) groups is 1. The van der Waals surface area contributed by atoms with E-state index in [1.54, 1.807) is 0 Å². The fraction of sp³-hybridized carbons (Fsp3) is 0.667. The Morgan fingerprint density at radius 2 is 1.81 bits per heavy atom. The Morgan fingerprint density at radius 3 is 2.12 bits per heavy atom. The third kappa shape index (κ3) is 36.2. The minimum Gasteiger partial charge on any atom is -0.652 e. The molecule has 0 aliphatic rings. The van der Waals surface area contributed by atoms with Gasteiger partial charge in [0.2, 0.25) is 0 Å². The van der Waals surface area contributed by atoms with Gasteiger partial charge in [-0.1, -0.05) is 25.5 Å². The average Bonchev–Trinajstić information content (AvgIpc) is 2.04. The molecule has 0 aromatic rings. The van der Waals surface area contributed by atoms with Gasteiger partial charge in [0.15, 0.2) is 0 Å². The minimum absolute atomic E-state index is 0. The predicted molar refractivity (Wildman–Crippen MR) is 52.8 cm³/mol. The van der Waals surface area contributed by atoms with Crippen molar-refractivity contribution >= 4 is 17.8 Å². The third-order valence-electron chi connectivity index (χ3n) is 1.35. The Hall–Kier alpha value is 1.26. The van der Waals surface area contributed by atoms with Gasteiger partial charge < -0.3 is 20.7 Å². The summed E-state index contributed by atoms with van der Waals surface area (Å²) in [5.74, 6) is 0.596. The van der Waals surface area contributed by atoms with Crippen molar-refractivity contribution in [1.82, 2.24) is 0 Å². The van der Waals surface area contributed by atoms with E-state index in [0.29, 0.717) is 11.9 Å². The zero-order valence-electron chi connectivity index (χ0n) is 10.2. The first-order valence-corrected chi connectivity index (χ1v) is 4.92. The summed E-state index contributed by atoms with van der Waals surface area (Å²) in [5.41, 5.74) is 5.73. The minimum atomic E-state index is -2.33. The zero-order valence-corrected chi connectivity index (χ0v) is 15.0. The van der Waals surface area contributed by atoms with E-state index in [2.05, 4.69) is 6.92 Å². The van der Waals surface area contributed by atoms with E-state index in [-0.39, 0.29) is 59.1 Å². The summed E-state index contributed by atoms with van der Waals surface area (Å²) in [6.45, 7) is 2.14. The third-order valence-corrected chi connectivity index (χ3v) is 1.53. The maximum absolute atomic E-state index is 8.33. The van der Waals surface area contributed by atoms with E-state index < -0.39 is 6.16 Å². The summed E-state index contributed by atoms with van der Waals surface area (Å²) in [7, 11) is 0. The molecule has 0 fully saturated rings. The summed E-state index contributed by atoms with van der Waals surface area (Å²) >= 11 is 5.43. The van der Waals surface area contributed by atoms with Crippen LogP contribution in [-0.2, 0) is 0 Å². The van der Waals surface area contributed by atoms with Crippen LogP contribution in [0.25, 0.3) is 0 Å². The molecule has 1 unspecified atom stereocenters. The summed E-state index contributed by atoms with van der Waals surface area (Å²) < 4.78 is 0. The Labute approximate surface area is 146 Å². The van der Waals surface area contributed by atoms with E-state index >= 15 is 0 Å². The van der Waals surface area contributed by atoms with Crippen molar-refractivity contribution in [3.05, 3.63) is 12.2 Å².